The summed E-state index contributed by atoms with van der Waals surface area (Å²) in [6.45, 7) is 1.85. The van der Waals surface area contributed by atoms with Gasteiger partial charge in [0.25, 0.3) is 0 Å². The molecule has 0 fully saturated rings. The van der Waals surface area contributed by atoms with Crippen LogP contribution in [0.3, 0.4) is 0 Å². The second-order valence-electron chi connectivity index (χ2n) is 2.12. The van der Waals surface area contributed by atoms with Crippen LogP contribution in [0.5, 0.6) is 0 Å². The van der Waals surface area contributed by atoms with E-state index in [1.165, 1.54) is 19.3 Å². The molecule has 54 valence electrons. The lowest BCUT2D eigenvalue weighted by Crippen LogP contribution is -1.70. The van der Waals surface area contributed by atoms with E-state index in [4.69, 9.17) is 0 Å². The summed E-state index contributed by atoms with van der Waals surface area (Å²) in [5, 5.41) is 0. The fourth-order valence-corrected chi connectivity index (χ4v) is 0.693. The van der Waals surface area contributed by atoms with Crippen LogP contribution in [0.15, 0.2) is 12.2 Å². The molecule has 0 aromatic carbocycles. The van der Waals surface area contributed by atoms with Crippen molar-refractivity contribution in [3.05, 3.63) is 12.2 Å². The van der Waals surface area contributed by atoms with Crippen LogP contribution in [-0.2, 0) is 0 Å². The van der Waals surface area contributed by atoms with Gasteiger partial charge in [0.05, 0.1) is 0 Å². The number of halogens is 1. The van der Waals surface area contributed by atoms with E-state index >= 15 is 0 Å². The van der Waals surface area contributed by atoms with Crippen molar-refractivity contribution in [1.29, 1.82) is 0 Å². The minimum atomic E-state index is -0.313. The fourth-order valence-electron chi connectivity index (χ4n) is 0.693. The quantitative estimate of drug-likeness (QED) is 0.396. The molecule has 0 aliphatic carbocycles. The van der Waals surface area contributed by atoms with Gasteiger partial charge in [-0.25, -0.2) is 4.39 Å². The lowest BCUT2D eigenvalue weighted by molar-refractivity contribution is 0.560. The normalized spacial score (nSPS) is 10.9. The Balaban J connectivity index is 2.82. The largest absolute Gasteiger partial charge is 0.247 e. The summed E-state index contributed by atoms with van der Waals surface area (Å²) in [6.07, 6.45) is 8.23. The molecule has 0 atom stereocenters. The van der Waals surface area contributed by atoms with Crippen molar-refractivity contribution in [2.45, 2.75) is 32.6 Å². The van der Waals surface area contributed by atoms with Gasteiger partial charge in [-0.3, -0.25) is 0 Å². The van der Waals surface area contributed by atoms with Gasteiger partial charge in [0.1, 0.15) is 6.67 Å². The molecular weight excluding hydrogens is 115 g/mol. The minimum absolute atomic E-state index is 0.313. The van der Waals surface area contributed by atoms with Crippen LogP contribution < -0.4 is 0 Å². The lowest BCUT2D eigenvalue weighted by Gasteiger charge is -1.89. The third-order valence-electron chi connectivity index (χ3n) is 1.23. The summed E-state index contributed by atoms with van der Waals surface area (Å²) in [6, 6.07) is 0. The number of allylic oxidation sites excluding steroid dienone is 2. The molecule has 0 aromatic heterocycles. The van der Waals surface area contributed by atoms with Crippen molar-refractivity contribution < 1.29 is 4.39 Å². The Labute approximate surface area is 56.8 Å². The van der Waals surface area contributed by atoms with Gasteiger partial charge in [0.15, 0.2) is 0 Å². The number of rotatable bonds is 5. The maximum atomic E-state index is 11.4. The monoisotopic (exact) mass is 130 g/mol. The van der Waals surface area contributed by atoms with Gasteiger partial charge >= 0.3 is 0 Å². The van der Waals surface area contributed by atoms with Crippen LogP contribution in [0.4, 0.5) is 4.39 Å². The first-order chi connectivity index (χ1) is 4.41. The van der Waals surface area contributed by atoms with Gasteiger partial charge in [-0.15, -0.1) is 0 Å². The zero-order valence-corrected chi connectivity index (χ0v) is 6.07. The first-order valence-corrected chi connectivity index (χ1v) is 3.62. The van der Waals surface area contributed by atoms with Crippen LogP contribution in [0.1, 0.15) is 32.6 Å². The standard InChI is InChI=1S/C8H15F/c1-2-3-4-5-6-7-8-9/h6-7H,2-5,8H2,1H3/b7-6+. The Morgan fingerprint density at radius 3 is 2.56 bits per heavy atom. The van der Waals surface area contributed by atoms with E-state index in [0.717, 1.165) is 6.42 Å². The Hall–Kier alpha value is -0.330. The summed E-state index contributed by atoms with van der Waals surface area (Å²) in [7, 11) is 0. The molecule has 0 heterocycles. The Morgan fingerprint density at radius 1 is 1.22 bits per heavy atom. The van der Waals surface area contributed by atoms with E-state index in [0.29, 0.717) is 0 Å². The predicted octanol–water partition coefficient (Wildman–Crippen LogP) is 3.09. The van der Waals surface area contributed by atoms with Crippen molar-refractivity contribution in [3.8, 4) is 0 Å². The second-order valence-corrected chi connectivity index (χ2v) is 2.12. The van der Waals surface area contributed by atoms with E-state index in [9.17, 15) is 4.39 Å². The second kappa shape index (κ2) is 7.67. The molecule has 0 bridgehead atoms. The van der Waals surface area contributed by atoms with Gasteiger partial charge < -0.3 is 0 Å². The first-order valence-electron chi connectivity index (χ1n) is 3.62. The van der Waals surface area contributed by atoms with E-state index in [2.05, 4.69) is 6.92 Å². The molecule has 0 spiro atoms. The summed E-state index contributed by atoms with van der Waals surface area (Å²) >= 11 is 0. The number of unbranched alkanes of at least 4 members (excludes halogenated alkanes) is 3. The van der Waals surface area contributed by atoms with Crippen LogP contribution >= 0.6 is 0 Å². The average Bonchev–Trinajstić information content (AvgIpc) is 1.89. The molecule has 0 N–H and O–H groups in total. The van der Waals surface area contributed by atoms with Crippen molar-refractivity contribution >= 4 is 0 Å². The molecule has 0 unspecified atom stereocenters. The average molecular weight is 130 g/mol. The number of hydrogen-bond acceptors (Lipinski definition) is 0. The molecule has 0 aromatic rings. The Kier molecular flexibility index (Phi) is 7.39. The van der Waals surface area contributed by atoms with Crippen molar-refractivity contribution in [2.24, 2.45) is 0 Å². The van der Waals surface area contributed by atoms with Gasteiger partial charge in [0, 0.05) is 0 Å². The third-order valence-corrected chi connectivity index (χ3v) is 1.23. The van der Waals surface area contributed by atoms with Crippen LogP contribution in [0, 0.1) is 0 Å². The zero-order chi connectivity index (χ0) is 6.95. The van der Waals surface area contributed by atoms with Gasteiger partial charge in [-0.05, 0) is 12.8 Å². The van der Waals surface area contributed by atoms with Crippen molar-refractivity contribution in [3.63, 3.8) is 0 Å². The van der Waals surface area contributed by atoms with E-state index in [1.54, 1.807) is 6.08 Å². The third kappa shape index (κ3) is 7.67. The van der Waals surface area contributed by atoms with Gasteiger partial charge in [0.2, 0.25) is 0 Å². The summed E-state index contributed by atoms with van der Waals surface area (Å²) < 4.78 is 11.4. The van der Waals surface area contributed by atoms with Crippen LogP contribution in [0.25, 0.3) is 0 Å². The van der Waals surface area contributed by atoms with Gasteiger partial charge in [-0.1, -0.05) is 31.9 Å². The molecule has 0 saturated heterocycles. The van der Waals surface area contributed by atoms with Crippen LogP contribution in [0.2, 0.25) is 0 Å². The highest BCUT2D eigenvalue weighted by Gasteiger charge is 1.79. The molecule has 0 saturated carbocycles. The van der Waals surface area contributed by atoms with Crippen molar-refractivity contribution in [1.82, 2.24) is 0 Å². The first kappa shape index (κ1) is 8.67. The topological polar surface area (TPSA) is 0 Å². The zero-order valence-electron chi connectivity index (χ0n) is 6.07. The molecular formula is C8H15F. The molecule has 0 rings (SSSR count). The summed E-state index contributed by atoms with van der Waals surface area (Å²) in [5.74, 6) is 0. The summed E-state index contributed by atoms with van der Waals surface area (Å²) in [4.78, 5) is 0. The van der Waals surface area contributed by atoms with E-state index in [1.807, 2.05) is 6.08 Å². The molecule has 0 nitrogen and oxygen atoms in total. The number of hydrogen-bond donors (Lipinski definition) is 0. The highest BCUT2D eigenvalue weighted by molar-refractivity contribution is 4.80. The van der Waals surface area contributed by atoms with Crippen LogP contribution in [-0.4, -0.2) is 6.67 Å². The molecule has 1 heteroatoms. The smallest absolute Gasteiger partial charge is 0.108 e. The minimum Gasteiger partial charge on any atom is -0.247 e. The molecule has 0 amide bonds. The van der Waals surface area contributed by atoms with Crippen molar-refractivity contribution in [2.75, 3.05) is 6.67 Å². The predicted molar refractivity (Wildman–Crippen MR) is 39.3 cm³/mol. The molecule has 9 heavy (non-hydrogen) atoms. The maximum absolute atomic E-state index is 11.4. The maximum Gasteiger partial charge on any atom is 0.108 e. The highest BCUT2D eigenvalue weighted by atomic mass is 19.1. The Bertz CT molecular complexity index is 67.0. The molecule has 0 radical (unpaired) electrons. The van der Waals surface area contributed by atoms with E-state index < -0.39 is 0 Å². The SMILES string of the molecule is CCCCC/C=C/CF. The number of alkyl halides is 1. The lowest BCUT2D eigenvalue weighted by atomic mass is 10.2. The molecule has 0 aliphatic rings. The highest BCUT2D eigenvalue weighted by Crippen LogP contribution is 1.98. The Morgan fingerprint density at radius 2 is 2.00 bits per heavy atom. The fraction of sp³-hybridized carbons (Fsp3) is 0.750. The van der Waals surface area contributed by atoms with E-state index in [-0.39, 0.29) is 6.67 Å². The molecule has 0 aliphatic heterocycles. The van der Waals surface area contributed by atoms with Gasteiger partial charge in [-0.2, -0.15) is 0 Å². The summed E-state index contributed by atoms with van der Waals surface area (Å²) in [5.41, 5.74) is 0.